The molecule has 2 amide bonds. The van der Waals surface area contributed by atoms with Crippen molar-refractivity contribution >= 4 is 17.5 Å². The number of ether oxygens (including phenoxy) is 1. The van der Waals surface area contributed by atoms with E-state index in [4.69, 9.17) is 4.74 Å². The molecule has 2 atom stereocenters. The Hall–Kier alpha value is -2.04. The van der Waals surface area contributed by atoms with Crippen molar-refractivity contribution in [2.75, 3.05) is 18.1 Å². The van der Waals surface area contributed by atoms with Crippen LogP contribution >= 0.6 is 0 Å². The minimum Gasteiger partial charge on any atom is -0.491 e. The second kappa shape index (κ2) is 7.02. The topological polar surface area (TPSA) is 58.6 Å². The SMILES string of the molecule is C[C@H]1CCCC[C@@H]1NC(=O)CN1C(=O)CCOc2ccccc21. The molecule has 2 aliphatic rings. The van der Waals surface area contributed by atoms with Crippen LogP contribution in [0, 0.1) is 5.92 Å². The van der Waals surface area contributed by atoms with Crippen LogP contribution in [-0.4, -0.2) is 31.0 Å². The number of nitrogens with zero attached hydrogens (tertiary/aromatic N) is 1. The predicted molar refractivity (Wildman–Crippen MR) is 88.5 cm³/mol. The van der Waals surface area contributed by atoms with Crippen LogP contribution in [0.5, 0.6) is 5.75 Å². The van der Waals surface area contributed by atoms with Gasteiger partial charge in [0.15, 0.2) is 0 Å². The summed E-state index contributed by atoms with van der Waals surface area (Å²) in [6.07, 6.45) is 4.88. The van der Waals surface area contributed by atoms with E-state index in [1.807, 2.05) is 24.3 Å². The van der Waals surface area contributed by atoms with E-state index in [9.17, 15) is 9.59 Å². The third-order valence-corrected chi connectivity index (χ3v) is 4.79. The molecule has 1 aromatic carbocycles. The lowest BCUT2D eigenvalue weighted by Crippen LogP contribution is -2.47. The van der Waals surface area contributed by atoms with Gasteiger partial charge in [0.05, 0.1) is 18.7 Å². The molecule has 0 aromatic heterocycles. The van der Waals surface area contributed by atoms with Crippen molar-refractivity contribution in [3.8, 4) is 5.75 Å². The molecular formula is C18H24N2O3. The number of carbonyl (C=O) groups is 2. The lowest BCUT2D eigenvalue weighted by Gasteiger charge is -2.30. The Morgan fingerprint density at radius 1 is 1.30 bits per heavy atom. The zero-order valence-electron chi connectivity index (χ0n) is 13.6. The fourth-order valence-electron chi connectivity index (χ4n) is 3.42. The quantitative estimate of drug-likeness (QED) is 0.932. The molecule has 0 radical (unpaired) electrons. The van der Waals surface area contributed by atoms with Crippen LogP contribution in [0.2, 0.25) is 0 Å². The van der Waals surface area contributed by atoms with Crippen LogP contribution in [0.4, 0.5) is 5.69 Å². The molecule has 1 fully saturated rings. The highest BCUT2D eigenvalue weighted by Gasteiger charge is 2.27. The number of carbonyl (C=O) groups excluding carboxylic acids is 2. The Balaban J connectivity index is 1.70. The van der Waals surface area contributed by atoms with E-state index in [1.54, 1.807) is 4.90 Å². The summed E-state index contributed by atoms with van der Waals surface area (Å²) in [6.45, 7) is 2.60. The Morgan fingerprint density at radius 2 is 2.09 bits per heavy atom. The normalized spacial score (nSPS) is 24.4. The molecule has 0 bridgehead atoms. The zero-order chi connectivity index (χ0) is 16.2. The summed E-state index contributed by atoms with van der Waals surface area (Å²) in [6, 6.07) is 7.62. The fraction of sp³-hybridized carbons (Fsp3) is 0.556. The molecule has 1 aromatic rings. The van der Waals surface area contributed by atoms with E-state index in [0.717, 1.165) is 19.3 Å². The number of hydrogen-bond donors (Lipinski definition) is 1. The molecule has 3 rings (SSSR count). The first-order chi connectivity index (χ1) is 11.1. The Bertz CT molecular complexity index is 587. The van der Waals surface area contributed by atoms with Crippen molar-refractivity contribution in [2.24, 2.45) is 5.92 Å². The molecule has 1 saturated carbocycles. The lowest BCUT2D eigenvalue weighted by atomic mass is 9.86. The maximum atomic E-state index is 12.4. The van der Waals surface area contributed by atoms with Crippen LogP contribution in [0.1, 0.15) is 39.0 Å². The number of anilines is 1. The smallest absolute Gasteiger partial charge is 0.240 e. The summed E-state index contributed by atoms with van der Waals surface area (Å²) in [5, 5.41) is 3.11. The van der Waals surface area contributed by atoms with Gasteiger partial charge in [-0.25, -0.2) is 0 Å². The van der Waals surface area contributed by atoms with Crippen molar-refractivity contribution in [1.82, 2.24) is 5.32 Å². The van der Waals surface area contributed by atoms with Gasteiger partial charge in [0.2, 0.25) is 11.8 Å². The molecule has 0 unspecified atom stereocenters. The highest BCUT2D eigenvalue weighted by molar-refractivity contribution is 6.00. The van der Waals surface area contributed by atoms with Gasteiger partial charge in [-0.2, -0.15) is 0 Å². The Morgan fingerprint density at radius 3 is 2.91 bits per heavy atom. The molecular weight excluding hydrogens is 292 g/mol. The average Bonchev–Trinajstić information content (AvgIpc) is 2.70. The molecule has 0 spiro atoms. The fourth-order valence-corrected chi connectivity index (χ4v) is 3.42. The predicted octanol–water partition coefficient (Wildman–Crippen LogP) is 2.50. The number of amides is 2. The van der Waals surface area contributed by atoms with E-state index in [0.29, 0.717) is 30.4 Å². The van der Waals surface area contributed by atoms with Crippen molar-refractivity contribution < 1.29 is 14.3 Å². The van der Waals surface area contributed by atoms with Gasteiger partial charge in [0, 0.05) is 6.04 Å². The van der Waals surface area contributed by atoms with Crippen LogP contribution in [0.25, 0.3) is 0 Å². The van der Waals surface area contributed by atoms with Crippen molar-refractivity contribution in [1.29, 1.82) is 0 Å². The largest absolute Gasteiger partial charge is 0.491 e. The number of para-hydroxylation sites is 2. The molecule has 0 saturated heterocycles. The van der Waals surface area contributed by atoms with E-state index in [-0.39, 0.29) is 24.4 Å². The third-order valence-electron chi connectivity index (χ3n) is 4.79. The van der Waals surface area contributed by atoms with E-state index in [1.165, 1.54) is 6.42 Å². The van der Waals surface area contributed by atoms with E-state index >= 15 is 0 Å². The van der Waals surface area contributed by atoms with Crippen molar-refractivity contribution in [3.05, 3.63) is 24.3 Å². The van der Waals surface area contributed by atoms with Crippen LogP contribution < -0.4 is 15.0 Å². The number of hydrogen-bond acceptors (Lipinski definition) is 3. The first-order valence-electron chi connectivity index (χ1n) is 8.46. The van der Waals surface area contributed by atoms with Gasteiger partial charge in [0.25, 0.3) is 0 Å². The molecule has 1 N–H and O–H groups in total. The van der Waals surface area contributed by atoms with E-state index < -0.39 is 0 Å². The van der Waals surface area contributed by atoms with Gasteiger partial charge >= 0.3 is 0 Å². The van der Waals surface area contributed by atoms with Crippen LogP contribution in [0.3, 0.4) is 0 Å². The number of rotatable bonds is 3. The van der Waals surface area contributed by atoms with Crippen molar-refractivity contribution in [2.45, 2.75) is 45.1 Å². The summed E-state index contributed by atoms with van der Waals surface area (Å²) < 4.78 is 5.60. The maximum Gasteiger partial charge on any atom is 0.240 e. The van der Waals surface area contributed by atoms with Gasteiger partial charge in [-0.3, -0.25) is 14.5 Å². The monoisotopic (exact) mass is 316 g/mol. The number of fused-ring (bicyclic) bond motifs is 1. The molecule has 1 aliphatic heterocycles. The van der Waals surface area contributed by atoms with Gasteiger partial charge in [-0.1, -0.05) is 31.9 Å². The van der Waals surface area contributed by atoms with Crippen LogP contribution in [-0.2, 0) is 9.59 Å². The standard InChI is InChI=1S/C18H24N2O3/c1-13-6-2-3-7-14(13)19-17(21)12-20-15-8-4-5-9-16(15)23-11-10-18(20)22/h4-5,8-9,13-14H,2-3,6-7,10-12H2,1H3,(H,19,21)/t13-,14-/m0/s1. The first kappa shape index (κ1) is 15.8. The highest BCUT2D eigenvalue weighted by Crippen LogP contribution is 2.31. The summed E-state index contributed by atoms with van der Waals surface area (Å²) in [4.78, 5) is 26.3. The zero-order valence-corrected chi connectivity index (χ0v) is 13.6. The maximum absolute atomic E-state index is 12.4. The summed E-state index contributed by atoms with van der Waals surface area (Å²) in [5.74, 6) is 1.01. The van der Waals surface area contributed by atoms with Gasteiger partial charge in [-0.05, 0) is 30.9 Å². The van der Waals surface area contributed by atoms with Gasteiger partial charge < -0.3 is 10.1 Å². The molecule has 5 nitrogen and oxygen atoms in total. The third kappa shape index (κ3) is 3.66. The molecule has 5 heteroatoms. The highest BCUT2D eigenvalue weighted by atomic mass is 16.5. The minimum absolute atomic E-state index is 0.0580. The summed E-state index contributed by atoms with van der Waals surface area (Å²) in [5.41, 5.74) is 0.682. The van der Waals surface area contributed by atoms with E-state index in [2.05, 4.69) is 12.2 Å². The first-order valence-corrected chi connectivity index (χ1v) is 8.46. The second-order valence-electron chi connectivity index (χ2n) is 6.48. The molecule has 1 heterocycles. The number of nitrogens with one attached hydrogen (secondary N) is 1. The minimum atomic E-state index is -0.0891. The molecule has 124 valence electrons. The Labute approximate surface area is 137 Å². The van der Waals surface area contributed by atoms with Gasteiger partial charge in [0.1, 0.15) is 12.3 Å². The lowest BCUT2D eigenvalue weighted by molar-refractivity contribution is -0.124. The summed E-state index contributed by atoms with van der Waals surface area (Å²) in [7, 11) is 0. The Kier molecular flexibility index (Phi) is 4.84. The average molecular weight is 316 g/mol. The second-order valence-corrected chi connectivity index (χ2v) is 6.48. The summed E-state index contributed by atoms with van der Waals surface area (Å²) >= 11 is 0. The van der Waals surface area contributed by atoms with Gasteiger partial charge in [-0.15, -0.1) is 0 Å². The van der Waals surface area contributed by atoms with Crippen LogP contribution in [0.15, 0.2) is 24.3 Å². The van der Waals surface area contributed by atoms with Crippen molar-refractivity contribution in [3.63, 3.8) is 0 Å². The molecule has 23 heavy (non-hydrogen) atoms. The number of benzene rings is 1. The molecule has 1 aliphatic carbocycles.